The summed E-state index contributed by atoms with van der Waals surface area (Å²) in [5.41, 5.74) is 2.49. The van der Waals surface area contributed by atoms with Gasteiger partial charge in [0, 0.05) is 60.2 Å². The molecule has 2 saturated carbocycles. The van der Waals surface area contributed by atoms with Crippen molar-refractivity contribution in [3.8, 4) is 5.69 Å². The molecule has 224 valence electrons. The molecule has 3 aliphatic rings. The second-order valence-corrected chi connectivity index (χ2v) is 12.4. The van der Waals surface area contributed by atoms with Crippen molar-refractivity contribution in [3.63, 3.8) is 0 Å². The highest BCUT2D eigenvalue weighted by molar-refractivity contribution is 7.93. The number of piperidine rings is 1. The highest BCUT2D eigenvalue weighted by Crippen LogP contribution is 2.54. The van der Waals surface area contributed by atoms with Crippen molar-refractivity contribution in [1.29, 1.82) is 0 Å². The molecule has 0 N–H and O–H groups in total. The number of pyridine rings is 1. The van der Waals surface area contributed by atoms with Gasteiger partial charge in [0.25, 0.3) is 5.56 Å². The summed E-state index contributed by atoms with van der Waals surface area (Å²) < 4.78 is 47.8. The van der Waals surface area contributed by atoms with Crippen LogP contribution in [0.25, 0.3) is 16.6 Å². The highest BCUT2D eigenvalue weighted by Gasteiger charge is 2.57. The second kappa shape index (κ2) is 11.6. The fraction of sp³-hybridized carbons (Fsp3) is 0.500. The highest BCUT2D eigenvalue weighted by atomic mass is 32.2. The van der Waals surface area contributed by atoms with E-state index in [-0.39, 0.29) is 30.7 Å². The molecule has 2 aliphatic carbocycles. The molecule has 42 heavy (non-hydrogen) atoms. The van der Waals surface area contributed by atoms with Crippen LogP contribution < -0.4 is 5.56 Å². The van der Waals surface area contributed by atoms with E-state index in [0.717, 1.165) is 61.0 Å². The summed E-state index contributed by atoms with van der Waals surface area (Å²) in [6, 6.07) is 11.2. The fourth-order valence-electron chi connectivity index (χ4n) is 6.83. The van der Waals surface area contributed by atoms with E-state index >= 15 is 0 Å². The van der Waals surface area contributed by atoms with Gasteiger partial charge in [0.15, 0.2) is 12.3 Å². The van der Waals surface area contributed by atoms with Crippen molar-refractivity contribution in [2.24, 2.45) is 0 Å². The van der Waals surface area contributed by atoms with E-state index in [9.17, 15) is 17.5 Å². The Bertz CT molecular complexity index is 1590. The Hall–Kier alpha value is -2.98. The quantitative estimate of drug-likeness (QED) is 0.210. The maximum atomic E-state index is 14.5. The van der Waals surface area contributed by atoms with E-state index in [1.54, 1.807) is 27.7 Å². The summed E-state index contributed by atoms with van der Waals surface area (Å²) in [7, 11) is 0. The van der Waals surface area contributed by atoms with E-state index in [0.29, 0.717) is 30.2 Å². The average Bonchev–Trinajstić information content (AvgIpc) is 3.57. The Balaban J connectivity index is 0.00000155. The molecule has 6 nitrogen and oxygen atoms in total. The molecule has 4 heterocycles. The molecule has 7 rings (SSSR count). The maximum absolute atomic E-state index is 14.5. The van der Waals surface area contributed by atoms with Gasteiger partial charge in [-0.2, -0.15) is 5.10 Å². The second-order valence-electron chi connectivity index (χ2n) is 11.9. The molecule has 1 aromatic carbocycles. The number of aromatic nitrogens is 4. The number of nitrogens with zero attached hydrogens (tertiary/aromatic N) is 5. The predicted molar refractivity (Wildman–Crippen MR) is 162 cm³/mol. The van der Waals surface area contributed by atoms with Crippen LogP contribution in [0.2, 0.25) is 0 Å². The Labute approximate surface area is 248 Å². The summed E-state index contributed by atoms with van der Waals surface area (Å²) >= 11 is 0.0847. The number of hydrogen-bond donors (Lipinski definition) is 0. The van der Waals surface area contributed by atoms with Crippen molar-refractivity contribution < 1.29 is 12.7 Å². The van der Waals surface area contributed by atoms with Crippen LogP contribution in [0.3, 0.4) is 0 Å². The van der Waals surface area contributed by atoms with Crippen LogP contribution in [0, 0.1) is 0 Å². The van der Waals surface area contributed by atoms with Gasteiger partial charge in [0.05, 0.1) is 6.54 Å². The maximum Gasteiger partial charge on any atom is 0.280 e. The lowest BCUT2D eigenvalue weighted by atomic mass is 9.62. The van der Waals surface area contributed by atoms with Crippen molar-refractivity contribution in [2.45, 2.75) is 89.1 Å². The first-order valence-electron chi connectivity index (χ1n) is 15.1. The summed E-state index contributed by atoms with van der Waals surface area (Å²) in [6.45, 7) is 6.89. The molecule has 4 aromatic rings. The summed E-state index contributed by atoms with van der Waals surface area (Å²) in [6.07, 6.45) is 10.3. The lowest BCUT2D eigenvalue weighted by Crippen LogP contribution is -2.52. The standard InChI is InChI=1S/C30H32F3N5OS.C2H6/c31-30(32)18-29(19-30,20-36-13-5-10-34-36)22-6-4-7-23(14-22)37-17-26(21-8-9-21)25-15-24(16-35-11-2-1-3-12-35)38(40-33)27(25)28(37)39;1-2/h4-7,10,13-15,17,21H,1-3,8-9,11-12,16,18-20H2;1-2H3. The van der Waals surface area contributed by atoms with Gasteiger partial charge in [-0.1, -0.05) is 32.4 Å². The Morgan fingerprint density at radius 2 is 1.81 bits per heavy atom. The SMILES string of the molecule is CC.O=c1c2c(cc(CN3CCCCC3)n2SF)c(C2CC2)cn1-c1cccc(C2(Cn3cccn3)CC(F)(F)C2)c1. The van der Waals surface area contributed by atoms with Gasteiger partial charge in [-0.15, -0.1) is 3.89 Å². The van der Waals surface area contributed by atoms with E-state index in [2.05, 4.69) is 10.00 Å². The van der Waals surface area contributed by atoms with Crippen LogP contribution in [-0.4, -0.2) is 42.2 Å². The molecule has 0 spiro atoms. The van der Waals surface area contributed by atoms with Crippen LogP contribution in [0.15, 0.2) is 59.8 Å². The number of alkyl halides is 2. The minimum atomic E-state index is -2.73. The number of fused-ring (bicyclic) bond motifs is 1. The monoisotopic (exact) mass is 597 g/mol. The van der Waals surface area contributed by atoms with Crippen molar-refractivity contribution in [3.05, 3.63) is 82.2 Å². The van der Waals surface area contributed by atoms with Crippen LogP contribution in [0.4, 0.5) is 12.7 Å². The predicted octanol–water partition coefficient (Wildman–Crippen LogP) is 7.63. The third-order valence-corrected chi connectivity index (χ3v) is 9.46. The normalized spacial score (nSPS) is 19.7. The van der Waals surface area contributed by atoms with Crippen LogP contribution in [0.1, 0.15) is 81.5 Å². The van der Waals surface area contributed by atoms with Crippen LogP contribution in [-0.2, 0) is 18.5 Å². The zero-order chi connectivity index (χ0) is 29.5. The van der Waals surface area contributed by atoms with Crippen molar-refractivity contribution in [1.82, 2.24) is 23.2 Å². The molecule has 3 aromatic heterocycles. The third kappa shape index (κ3) is 5.43. The van der Waals surface area contributed by atoms with Gasteiger partial charge in [-0.05, 0) is 80.1 Å². The van der Waals surface area contributed by atoms with E-state index in [1.807, 2.05) is 50.4 Å². The van der Waals surface area contributed by atoms with E-state index in [4.69, 9.17) is 0 Å². The summed E-state index contributed by atoms with van der Waals surface area (Å²) in [4.78, 5) is 16.4. The number of hydrogen-bond acceptors (Lipinski definition) is 4. The molecule has 1 saturated heterocycles. The first-order chi connectivity index (χ1) is 20.4. The van der Waals surface area contributed by atoms with E-state index in [1.165, 1.54) is 10.4 Å². The third-order valence-electron chi connectivity index (χ3n) is 8.91. The van der Waals surface area contributed by atoms with Gasteiger partial charge >= 0.3 is 0 Å². The summed E-state index contributed by atoms with van der Waals surface area (Å²) in [5, 5.41) is 5.08. The van der Waals surface area contributed by atoms with Crippen LogP contribution in [0.5, 0.6) is 0 Å². The minimum Gasteiger partial charge on any atom is -0.298 e. The van der Waals surface area contributed by atoms with Gasteiger partial charge in [0.1, 0.15) is 5.52 Å². The minimum absolute atomic E-state index is 0.0847. The number of halogens is 3. The van der Waals surface area contributed by atoms with Gasteiger partial charge in [-0.25, -0.2) is 8.78 Å². The molecule has 0 radical (unpaired) electrons. The first kappa shape index (κ1) is 29.1. The Morgan fingerprint density at radius 1 is 1.05 bits per heavy atom. The molecule has 0 bridgehead atoms. The van der Waals surface area contributed by atoms with Crippen molar-refractivity contribution in [2.75, 3.05) is 13.1 Å². The number of likely N-dealkylation sites (tertiary alicyclic amines) is 1. The van der Waals surface area contributed by atoms with Gasteiger partial charge in [0.2, 0.25) is 5.92 Å². The Morgan fingerprint density at radius 3 is 2.45 bits per heavy atom. The van der Waals surface area contributed by atoms with Gasteiger partial charge in [-0.3, -0.25) is 22.9 Å². The molecule has 0 amide bonds. The molecule has 3 fully saturated rings. The van der Waals surface area contributed by atoms with Crippen molar-refractivity contribution >= 4 is 23.2 Å². The molecular weight excluding hydrogens is 559 g/mol. The molecule has 0 unspecified atom stereocenters. The molecule has 1 aliphatic heterocycles. The fourth-order valence-corrected chi connectivity index (χ4v) is 7.28. The largest absolute Gasteiger partial charge is 0.298 e. The zero-order valence-electron chi connectivity index (χ0n) is 24.2. The van der Waals surface area contributed by atoms with Crippen LogP contribution >= 0.6 is 12.3 Å². The Kier molecular flexibility index (Phi) is 8.04. The average molecular weight is 598 g/mol. The topological polar surface area (TPSA) is 48.0 Å². The summed E-state index contributed by atoms with van der Waals surface area (Å²) in [5.74, 6) is -2.40. The molecular formula is C32H38F3N5OS. The number of benzene rings is 1. The first-order valence-corrected chi connectivity index (χ1v) is 15.8. The lowest BCUT2D eigenvalue weighted by Gasteiger charge is -2.47. The molecule has 10 heteroatoms. The smallest absolute Gasteiger partial charge is 0.280 e. The number of rotatable bonds is 8. The van der Waals surface area contributed by atoms with Gasteiger partial charge < -0.3 is 0 Å². The lowest BCUT2D eigenvalue weighted by molar-refractivity contribution is -0.132. The zero-order valence-corrected chi connectivity index (χ0v) is 25.1. The van der Waals surface area contributed by atoms with E-state index < -0.39 is 11.3 Å². The molecule has 0 atom stereocenters.